The lowest BCUT2D eigenvalue weighted by molar-refractivity contribution is -0.115. The van der Waals surface area contributed by atoms with E-state index in [4.69, 9.17) is 0 Å². The van der Waals surface area contributed by atoms with E-state index in [1.54, 1.807) is 0 Å². The van der Waals surface area contributed by atoms with Gasteiger partial charge in [-0.2, -0.15) is 0 Å². The van der Waals surface area contributed by atoms with Gasteiger partial charge in [0.2, 0.25) is 5.91 Å². The molecule has 0 heterocycles. The van der Waals surface area contributed by atoms with Crippen LogP contribution in [0.1, 0.15) is 13.8 Å². The van der Waals surface area contributed by atoms with Crippen LogP contribution in [-0.4, -0.2) is 43.5 Å². The van der Waals surface area contributed by atoms with Crippen LogP contribution in [0, 0.1) is 0 Å². The molecule has 0 bridgehead atoms. The van der Waals surface area contributed by atoms with Crippen molar-refractivity contribution in [2.75, 3.05) is 32.0 Å². The molecule has 0 aromatic heterocycles. The molecule has 2 N–H and O–H groups in total. The molecule has 1 aromatic carbocycles. The van der Waals surface area contributed by atoms with Crippen molar-refractivity contribution in [3.05, 3.63) is 28.7 Å². The van der Waals surface area contributed by atoms with Gasteiger partial charge in [-0.05, 0) is 49.0 Å². The van der Waals surface area contributed by atoms with Crippen molar-refractivity contribution in [1.29, 1.82) is 0 Å². The minimum Gasteiger partial charge on any atom is -0.324 e. The van der Waals surface area contributed by atoms with Crippen LogP contribution in [0.5, 0.6) is 0 Å². The van der Waals surface area contributed by atoms with Crippen molar-refractivity contribution in [2.45, 2.75) is 19.9 Å². The van der Waals surface area contributed by atoms with Crippen LogP contribution < -0.4 is 10.6 Å². The number of halogens is 1. The fraction of sp³-hybridized carbons (Fsp3) is 0.500. The minimum atomic E-state index is -0.0286. The number of hydrogen-bond donors (Lipinski definition) is 2. The number of benzene rings is 1. The van der Waals surface area contributed by atoms with Crippen molar-refractivity contribution in [3.8, 4) is 0 Å². The number of amides is 1. The highest BCUT2D eigenvalue weighted by molar-refractivity contribution is 9.10. The summed E-state index contributed by atoms with van der Waals surface area (Å²) in [7, 11) is 2.08. The number of carbonyl (C=O) groups is 1. The molecule has 106 valence electrons. The number of rotatable bonds is 7. The van der Waals surface area contributed by atoms with E-state index in [1.165, 1.54) is 0 Å². The summed E-state index contributed by atoms with van der Waals surface area (Å²) in [5.74, 6) is -0.0286. The summed E-state index contributed by atoms with van der Waals surface area (Å²) in [6.07, 6.45) is 0. The van der Waals surface area contributed by atoms with Gasteiger partial charge < -0.3 is 15.5 Å². The molecule has 0 aliphatic carbocycles. The zero-order valence-corrected chi connectivity index (χ0v) is 13.3. The normalized spacial score (nSPS) is 11.1. The van der Waals surface area contributed by atoms with Crippen LogP contribution in [0.2, 0.25) is 0 Å². The largest absolute Gasteiger partial charge is 0.324 e. The van der Waals surface area contributed by atoms with E-state index in [0.717, 1.165) is 23.2 Å². The highest BCUT2D eigenvalue weighted by atomic mass is 79.9. The summed E-state index contributed by atoms with van der Waals surface area (Å²) in [4.78, 5) is 14.0. The van der Waals surface area contributed by atoms with Gasteiger partial charge in [0.1, 0.15) is 0 Å². The van der Waals surface area contributed by atoms with Gasteiger partial charge in [0, 0.05) is 23.6 Å². The molecule has 5 heteroatoms. The average molecular weight is 328 g/mol. The number of anilines is 1. The van der Waals surface area contributed by atoms with Gasteiger partial charge in [0.25, 0.3) is 0 Å². The van der Waals surface area contributed by atoms with Gasteiger partial charge in [0.05, 0.1) is 12.2 Å². The summed E-state index contributed by atoms with van der Waals surface area (Å²) >= 11 is 3.40. The van der Waals surface area contributed by atoms with Crippen molar-refractivity contribution in [1.82, 2.24) is 10.2 Å². The van der Waals surface area contributed by atoms with Crippen LogP contribution >= 0.6 is 15.9 Å². The monoisotopic (exact) mass is 327 g/mol. The summed E-state index contributed by atoms with van der Waals surface area (Å²) < 4.78 is 0.892. The van der Waals surface area contributed by atoms with Crippen LogP contribution in [0.4, 0.5) is 5.69 Å². The number of carbonyl (C=O) groups excluding carboxylic acids is 1. The third kappa shape index (κ3) is 6.18. The second-order valence-electron chi connectivity index (χ2n) is 4.78. The smallest absolute Gasteiger partial charge is 0.238 e. The predicted molar refractivity (Wildman–Crippen MR) is 83.4 cm³/mol. The van der Waals surface area contributed by atoms with E-state index in [0.29, 0.717) is 12.6 Å². The molecule has 0 radical (unpaired) electrons. The number of para-hydroxylation sites is 1. The van der Waals surface area contributed by atoms with E-state index in [-0.39, 0.29) is 5.91 Å². The van der Waals surface area contributed by atoms with Crippen molar-refractivity contribution >= 4 is 27.5 Å². The third-order valence-corrected chi connectivity index (χ3v) is 3.65. The molecule has 4 nitrogen and oxygen atoms in total. The first-order valence-corrected chi connectivity index (χ1v) is 7.25. The highest BCUT2D eigenvalue weighted by Gasteiger charge is 2.05. The summed E-state index contributed by atoms with van der Waals surface area (Å²) in [5, 5.41) is 6.00. The summed E-state index contributed by atoms with van der Waals surface area (Å²) in [5.41, 5.74) is 0.800. The van der Waals surface area contributed by atoms with Crippen molar-refractivity contribution < 1.29 is 4.79 Å². The van der Waals surface area contributed by atoms with Crippen molar-refractivity contribution in [2.24, 2.45) is 0 Å². The Labute approximate surface area is 123 Å². The van der Waals surface area contributed by atoms with Gasteiger partial charge in [-0.3, -0.25) is 4.79 Å². The zero-order chi connectivity index (χ0) is 14.3. The molecular formula is C14H22BrN3O. The maximum absolute atomic E-state index is 11.7. The standard InChI is InChI=1S/C14H22BrN3O/c1-11(2)18(3)9-8-16-10-14(19)17-13-7-5-4-6-12(13)15/h4-7,11,16H,8-10H2,1-3H3,(H,17,19). The van der Waals surface area contributed by atoms with Crippen LogP contribution in [0.3, 0.4) is 0 Å². The Hall–Kier alpha value is -0.910. The summed E-state index contributed by atoms with van der Waals surface area (Å²) in [6.45, 7) is 6.37. The van der Waals surface area contributed by atoms with Gasteiger partial charge in [-0.1, -0.05) is 12.1 Å². The molecule has 0 saturated carbocycles. The maximum Gasteiger partial charge on any atom is 0.238 e. The van der Waals surface area contributed by atoms with Gasteiger partial charge in [-0.15, -0.1) is 0 Å². The molecule has 0 aliphatic heterocycles. The topological polar surface area (TPSA) is 44.4 Å². The summed E-state index contributed by atoms with van der Waals surface area (Å²) in [6, 6.07) is 8.11. The first-order chi connectivity index (χ1) is 9.00. The molecule has 0 aliphatic rings. The lowest BCUT2D eigenvalue weighted by Gasteiger charge is -2.20. The predicted octanol–water partition coefficient (Wildman–Crippen LogP) is 2.32. The molecule has 0 unspecified atom stereocenters. The average Bonchev–Trinajstić information content (AvgIpc) is 2.37. The molecule has 0 fully saturated rings. The Bertz CT molecular complexity index is 409. The Morgan fingerprint density at radius 2 is 2.05 bits per heavy atom. The Morgan fingerprint density at radius 1 is 1.37 bits per heavy atom. The molecule has 1 aromatic rings. The van der Waals surface area contributed by atoms with Crippen molar-refractivity contribution in [3.63, 3.8) is 0 Å². The lowest BCUT2D eigenvalue weighted by Crippen LogP contribution is -2.36. The fourth-order valence-corrected chi connectivity index (χ4v) is 1.86. The highest BCUT2D eigenvalue weighted by Crippen LogP contribution is 2.20. The molecule has 0 spiro atoms. The number of likely N-dealkylation sites (N-methyl/N-ethyl adjacent to an activating group) is 1. The molecule has 0 atom stereocenters. The molecule has 19 heavy (non-hydrogen) atoms. The molecule has 1 rings (SSSR count). The van der Waals surface area contributed by atoms with E-state index < -0.39 is 0 Å². The van der Waals surface area contributed by atoms with Gasteiger partial charge in [0.15, 0.2) is 0 Å². The molecule has 1 amide bonds. The zero-order valence-electron chi connectivity index (χ0n) is 11.7. The maximum atomic E-state index is 11.7. The third-order valence-electron chi connectivity index (χ3n) is 2.96. The van der Waals surface area contributed by atoms with Gasteiger partial charge in [-0.25, -0.2) is 0 Å². The fourth-order valence-electron chi connectivity index (χ4n) is 1.47. The quantitative estimate of drug-likeness (QED) is 0.755. The second-order valence-corrected chi connectivity index (χ2v) is 5.63. The molecular weight excluding hydrogens is 306 g/mol. The Kier molecular flexibility index (Phi) is 7.05. The van der Waals surface area contributed by atoms with Crippen LogP contribution in [0.25, 0.3) is 0 Å². The molecule has 0 saturated heterocycles. The number of hydrogen-bond acceptors (Lipinski definition) is 3. The van der Waals surface area contributed by atoms with E-state index in [1.807, 2.05) is 24.3 Å². The van der Waals surface area contributed by atoms with Crippen LogP contribution in [-0.2, 0) is 4.79 Å². The number of nitrogens with one attached hydrogen (secondary N) is 2. The SMILES string of the molecule is CC(C)N(C)CCNCC(=O)Nc1ccccc1Br. The van der Waals surface area contributed by atoms with Crippen LogP contribution in [0.15, 0.2) is 28.7 Å². The number of nitrogens with zero attached hydrogens (tertiary/aromatic N) is 1. The Morgan fingerprint density at radius 3 is 2.68 bits per heavy atom. The van der Waals surface area contributed by atoms with Gasteiger partial charge >= 0.3 is 0 Å². The van der Waals surface area contributed by atoms with E-state index in [9.17, 15) is 4.79 Å². The minimum absolute atomic E-state index is 0.0286. The van der Waals surface area contributed by atoms with E-state index in [2.05, 4.69) is 52.4 Å². The first kappa shape index (κ1) is 16.1. The second kappa shape index (κ2) is 8.30. The van der Waals surface area contributed by atoms with E-state index >= 15 is 0 Å². The lowest BCUT2D eigenvalue weighted by atomic mass is 10.3. The first-order valence-electron chi connectivity index (χ1n) is 6.46. The Balaban J connectivity index is 2.24.